The summed E-state index contributed by atoms with van der Waals surface area (Å²) in [6, 6.07) is 1.79. The van der Waals surface area contributed by atoms with Crippen LogP contribution in [-0.4, -0.2) is 48.2 Å². The maximum absolute atomic E-state index is 12.3. The lowest BCUT2D eigenvalue weighted by atomic mass is 10.00. The fraction of sp³-hybridized carbons (Fsp3) is 0.706. The molecule has 2 heterocycles. The zero-order chi connectivity index (χ0) is 16.5. The highest BCUT2D eigenvalue weighted by Gasteiger charge is 2.33. The summed E-state index contributed by atoms with van der Waals surface area (Å²) in [5.74, 6) is 1.36. The fourth-order valence-electron chi connectivity index (χ4n) is 3.03. The maximum atomic E-state index is 12.3. The third kappa shape index (κ3) is 3.90. The number of rotatable bonds is 4. The topological polar surface area (TPSA) is 54.7 Å². The van der Waals surface area contributed by atoms with Gasteiger partial charge in [0.25, 0.3) is 5.91 Å². The van der Waals surface area contributed by atoms with Crippen molar-refractivity contribution in [1.29, 1.82) is 0 Å². The van der Waals surface area contributed by atoms with Crippen molar-refractivity contribution in [2.75, 3.05) is 19.6 Å². The van der Waals surface area contributed by atoms with Gasteiger partial charge in [0.15, 0.2) is 0 Å². The van der Waals surface area contributed by atoms with E-state index in [0.717, 1.165) is 18.8 Å². The van der Waals surface area contributed by atoms with Crippen molar-refractivity contribution in [2.24, 2.45) is 0 Å². The van der Waals surface area contributed by atoms with Gasteiger partial charge < -0.3 is 14.5 Å². The molecule has 1 aliphatic rings. The molecule has 124 valence electrons. The van der Waals surface area contributed by atoms with Crippen molar-refractivity contribution in [3.8, 4) is 0 Å². The monoisotopic (exact) mass is 308 g/mol. The van der Waals surface area contributed by atoms with Crippen LogP contribution in [0.1, 0.15) is 49.6 Å². The van der Waals surface area contributed by atoms with E-state index in [2.05, 4.69) is 37.9 Å². The number of amides is 1. The van der Waals surface area contributed by atoms with Crippen LogP contribution >= 0.6 is 0 Å². The molecule has 2 rings (SSSR count). The number of aryl methyl sites for hydroxylation is 2. The molecule has 1 aromatic rings. The minimum atomic E-state index is -0.116. The van der Waals surface area contributed by atoms with Crippen molar-refractivity contribution < 1.29 is 13.9 Å². The average Bonchev–Trinajstić information content (AvgIpc) is 2.74. The van der Waals surface area contributed by atoms with E-state index in [1.807, 2.05) is 13.8 Å². The first-order valence-corrected chi connectivity index (χ1v) is 7.95. The fourth-order valence-corrected chi connectivity index (χ4v) is 3.03. The van der Waals surface area contributed by atoms with Crippen molar-refractivity contribution in [3.63, 3.8) is 0 Å². The molecule has 0 aliphatic carbocycles. The van der Waals surface area contributed by atoms with E-state index in [-0.39, 0.29) is 23.7 Å². The molecule has 22 heavy (non-hydrogen) atoms. The lowest BCUT2D eigenvalue weighted by Crippen LogP contribution is -2.58. The highest BCUT2D eigenvalue weighted by Crippen LogP contribution is 2.21. The molecular formula is C17H28N2O3. The number of nitrogens with one attached hydrogen (secondary N) is 1. The molecule has 1 amide bonds. The first-order chi connectivity index (χ1) is 10.2. The Hall–Kier alpha value is -1.33. The Morgan fingerprint density at radius 2 is 1.91 bits per heavy atom. The van der Waals surface area contributed by atoms with Crippen molar-refractivity contribution >= 4 is 5.91 Å². The largest absolute Gasteiger partial charge is 0.466 e. The molecular weight excluding hydrogens is 280 g/mol. The van der Waals surface area contributed by atoms with Gasteiger partial charge in [0.2, 0.25) is 0 Å². The van der Waals surface area contributed by atoms with Crippen LogP contribution < -0.4 is 5.32 Å². The molecule has 0 spiro atoms. The predicted molar refractivity (Wildman–Crippen MR) is 86.2 cm³/mol. The van der Waals surface area contributed by atoms with Crippen LogP contribution in [-0.2, 0) is 4.74 Å². The third-order valence-corrected chi connectivity index (χ3v) is 4.24. The number of carbonyl (C=O) groups is 1. The Bertz CT molecular complexity index is 526. The first kappa shape index (κ1) is 17.0. The lowest BCUT2D eigenvalue weighted by molar-refractivity contribution is -0.0948. The Morgan fingerprint density at radius 1 is 1.32 bits per heavy atom. The Balaban J connectivity index is 1.97. The highest BCUT2D eigenvalue weighted by molar-refractivity contribution is 5.95. The molecule has 0 bridgehead atoms. The Labute approximate surface area is 133 Å². The van der Waals surface area contributed by atoms with Crippen LogP contribution in [0.3, 0.4) is 0 Å². The molecule has 1 fully saturated rings. The number of ether oxygens (including phenoxy) is 1. The van der Waals surface area contributed by atoms with Gasteiger partial charge in [-0.1, -0.05) is 0 Å². The predicted octanol–water partition coefficient (Wildman–Crippen LogP) is 2.51. The maximum Gasteiger partial charge on any atom is 0.254 e. The molecule has 1 N–H and O–H groups in total. The molecule has 1 saturated heterocycles. The van der Waals surface area contributed by atoms with Crippen molar-refractivity contribution in [3.05, 3.63) is 23.2 Å². The summed E-state index contributed by atoms with van der Waals surface area (Å²) in [6.45, 7) is 14.5. The second-order valence-corrected chi connectivity index (χ2v) is 6.98. The van der Waals surface area contributed by atoms with E-state index in [4.69, 9.17) is 9.15 Å². The standard InChI is InChI=1S/C17H28N2O3/c1-11-7-15(14(4)22-11)16(20)18-10-17(5,6)19-8-12(2)21-13(3)9-19/h7,12-13H,8-10H2,1-6H3,(H,18,20). The smallest absolute Gasteiger partial charge is 0.254 e. The quantitative estimate of drug-likeness (QED) is 0.928. The van der Waals surface area contributed by atoms with Gasteiger partial charge in [-0.3, -0.25) is 9.69 Å². The summed E-state index contributed by atoms with van der Waals surface area (Å²) in [6.07, 6.45) is 0.440. The van der Waals surface area contributed by atoms with E-state index >= 15 is 0 Å². The minimum Gasteiger partial charge on any atom is -0.466 e. The van der Waals surface area contributed by atoms with Gasteiger partial charge in [0.1, 0.15) is 11.5 Å². The van der Waals surface area contributed by atoms with Crippen LogP contribution in [0.5, 0.6) is 0 Å². The zero-order valence-corrected chi connectivity index (χ0v) is 14.5. The molecule has 2 atom stereocenters. The van der Waals surface area contributed by atoms with Gasteiger partial charge in [0.05, 0.1) is 17.8 Å². The number of carbonyl (C=O) groups excluding carboxylic acids is 1. The molecule has 0 aromatic carbocycles. The van der Waals surface area contributed by atoms with E-state index in [1.54, 1.807) is 6.07 Å². The number of nitrogens with zero attached hydrogens (tertiary/aromatic N) is 1. The normalized spacial score (nSPS) is 23.5. The van der Waals surface area contributed by atoms with Gasteiger partial charge in [-0.15, -0.1) is 0 Å². The zero-order valence-electron chi connectivity index (χ0n) is 14.5. The number of morpholine rings is 1. The number of furan rings is 1. The summed E-state index contributed by atoms with van der Waals surface area (Å²) in [5.41, 5.74) is 0.506. The molecule has 5 heteroatoms. The molecule has 5 nitrogen and oxygen atoms in total. The SMILES string of the molecule is Cc1cc(C(=O)NCC(C)(C)N2CC(C)OC(C)C2)c(C)o1. The van der Waals surface area contributed by atoms with Gasteiger partial charge in [-0.05, 0) is 47.6 Å². The summed E-state index contributed by atoms with van der Waals surface area (Å²) in [5, 5.41) is 3.04. The first-order valence-electron chi connectivity index (χ1n) is 7.95. The van der Waals surface area contributed by atoms with E-state index < -0.39 is 0 Å². The average molecular weight is 308 g/mol. The molecule has 0 saturated carbocycles. The van der Waals surface area contributed by atoms with E-state index in [1.165, 1.54) is 0 Å². The van der Waals surface area contributed by atoms with Crippen molar-refractivity contribution in [2.45, 2.75) is 59.3 Å². The van der Waals surface area contributed by atoms with Crippen LogP contribution in [0.2, 0.25) is 0 Å². The lowest BCUT2D eigenvalue weighted by Gasteiger charge is -2.45. The molecule has 1 aromatic heterocycles. The minimum absolute atomic E-state index is 0.0724. The van der Waals surface area contributed by atoms with Gasteiger partial charge in [0, 0.05) is 25.2 Å². The van der Waals surface area contributed by atoms with E-state index in [9.17, 15) is 4.79 Å². The van der Waals surface area contributed by atoms with Crippen LogP contribution in [0.4, 0.5) is 0 Å². The second-order valence-electron chi connectivity index (χ2n) is 6.98. The summed E-state index contributed by atoms with van der Waals surface area (Å²) in [4.78, 5) is 14.7. The number of hydrogen-bond donors (Lipinski definition) is 1. The summed E-state index contributed by atoms with van der Waals surface area (Å²) < 4.78 is 11.2. The Kier molecular flexibility index (Phi) is 4.97. The molecule has 2 unspecified atom stereocenters. The van der Waals surface area contributed by atoms with Gasteiger partial charge in [-0.25, -0.2) is 0 Å². The van der Waals surface area contributed by atoms with Crippen molar-refractivity contribution in [1.82, 2.24) is 10.2 Å². The van der Waals surface area contributed by atoms with Crippen LogP contribution in [0.25, 0.3) is 0 Å². The summed E-state index contributed by atoms with van der Waals surface area (Å²) in [7, 11) is 0. The molecule has 0 radical (unpaired) electrons. The highest BCUT2D eigenvalue weighted by atomic mass is 16.5. The van der Waals surface area contributed by atoms with E-state index in [0.29, 0.717) is 17.9 Å². The molecule has 1 aliphatic heterocycles. The van der Waals surface area contributed by atoms with Crippen LogP contribution in [0, 0.1) is 13.8 Å². The number of hydrogen-bond acceptors (Lipinski definition) is 4. The van der Waals surface area contributed by atoms with Gasteiger partial charge >= 0.3 is 0 Å². The van der Waals surface area contributed by atoms with Gasteiger partial charge in [-0.2, -0.15) is 0 Å². The summed E-state index contributed by atoms with van der Waals surface area (Å²) >= 11 is 0. The Morgan fingerprint density at radius 3 is 2.41 bits per heavy atom. The second kappa shape index (κ2) is 6.42. The third-order valence-electron chi connectivity index (χ3n) is 4.24. The van der Waals surface area contributed by atoms with Crippen LogP contribution in [0.15, 0.2) is 10.5 Å².